The number of nitrogens with zero attached hydrogens (tertiary/aromatic N) is 2. The maximum atomic E-state index is 5.84. The van der Waals surface area contributed by atoms with Gasteiger partial charge in [-0.25, -0.2) is 0 Å². The van der Waals surface area contributed by atoms with Gasteiger partial charge in [0.2, 0.25) is 0 Å². The third-order valence-electron chi connectivity index (χ3n) is 4.71. The smallest absolute Gasteiger partial charge is 0.0743 e. The van der Waals surface area contributed by atoms with E-state index in [2.05, 4.69) is 27.3 Å². The van der Waals surface area contributed by atoms with Crippen LogP contribution in [-0.4, -0.2) is 35.1 Å². The molecule has 20 heavy (non-hydrogen) atoms. The lowest BCUT2D eigenvalue weighted by molar-refractivity contribution is 0.318. The highest BCUT2D eigenvalue weighted by Gasteiger charge is 2.37. The normalized spacial score (nSPS) is 26.0. The van der Waals surface area contributed by atoms with Gasteiger partial charge in [0.05, 0.1) is 5.52 Å². The molecule has 4 nitrogen and oxygen atoms in total. The van der Waals surface area contributed by atoms with Gasteiger partial charge in [0.25, 0.3) is 0 Å². The van der Waals surface area contributed by atoms with Gasteiger partial charge in [0.15, 0.2) is 0 Å². The van der Waals surface area contributed by atoms with Crippen LogP contribution < -0.4 is 11.1 Å². The Labute approximate surface area is 119 Å². The predicted octanol–water partition coefficient (Wildman–Crippen LogP) is 2.47. The summed E-state index contributed by atoms with van der Waals surface area (Å²) in [5.41, 5.74) is 8.77. The minimum atomic E-state index is 0.570. The zero-order valence-corrected chi connectivity index (χ0v) is 11.5. The van der Waals surface area contributed by atoms with Crippen LogP contribution in [0.15, 0.2) is 30.5 Å². The molecule has 2 aliphatic rings. The number of pyridine rings is 1. The van der Waals surface area contributed by atoms with Crippen LogP contribution in [0, 0.1) is 0 Å². The molecule has 0 aliphatic carbocycles. The number of benzene rings is 1. The van der Waals surface area contributed by atoms with Crippen LogP contribution in [0.3, 0.4) is 0 Å². The molecule has 2 aliphatic heterocycles. The van der Waals surface area contributed by atoms with Crippen LogP contribution >= 0.6 is 0 Å². The average molecular weight is 268 g/mol. The first-order valence-electron chi connectivity index (χ1n) is 7.46. The van der Waals surface area contributed by atoms with Gasteiger partial charge >= 0.3 is 0 Å². The van der Waals surface area contributed by atoms with Gasteiger partial charge < -0.3 is 11.1 Å². The minimum Gasteiger partial charge on any atom is -0.399 e. The van der Waals surface area contributed by atoms with Crippen LogP contribution in [0.4, 0.5) is 11.4 Å². The number of hydrogen-bond donors (Lipinski definition) is 2. The largest absolute Gasteiger partial charge is 0.399 e. The summed E-state index contributed by atoms with van der Waals surface area (Å²) in [5.74, 6) is 0. The van der Waals surface area contributed by atoms with Gasteiger partial charge in [-0.3, -0.25) is 9.88 Å². The third-order valence-corrected chi connectivity index (χ3v) is 4.71. The molecule has 2 fully saturated rings. The third kappa shape index (κ3) is 1.91. The van der Waals surface area contributed by atoms with Crippen molar-refractivity contribution in [2.24, 2.45) is 0 Å². The van der Waals surface area contributed by atoms with E-state index < -0.39 is 0 Å². The summed E-state index contributed by atoms with van der Waals surface area (Å²) in [6.07, 6.45) is 5.78. The molecule has 1 aromatic carbocycles. The lowest BCUT2D eigenvalue weighted by atomic mass is 10.1. The van der Waals surface area contributed by atoms with Crippen molar-refractivity contribution >= 4 is 22.3 Å². The first-order chi connectivity index (χ1) is 9.81. The Hall–Kier alpha value is -1.81. The lowest BCUT2D eigenvalue weighted by Crippen LogP contribution is -2.33. The first kappa shape index (κ1) is 12.0. The van der Waals surface area contributed by atoms with Gasteiger partial charge in [0.1, 0.15) is 0 Å². The molecule has 2 saturated heterocycles. The summed E-state index contributed by atoms with van der Waals surface area (Å²) >= 11 is 0. The SMILES string of the molecule is Nc1ccc2c(NC3CCN4CCCC34)ccnc2c1. The van der Waals surface area contributed by atoms with E-state index in [0.717, 1.165) is 16.6 Å². The summed E-state index contributed by atoms with van der Waals surface area (Å²) in [6.45, 7) is 2.51. The van der Waals surface area contributed by atoms with Gasteiger partial charge in [-0.15, -0.1) is 0 Å². The average Bonchev–Trinajstić information content (AvgIpc) is 3.03. The van der Waals surface area contributed by atoms with E-state index in [1.54, 1.807) is 0 Å². The number of nitrogen functional groups attached to an aromatic ring is 1. The van der Waals surface area contributed by atoms with Crippen molar-refractivity contribution in [1.29, 1.82) is 0 Å². The topological polar surface area (TPSA) is 54.2 Å². The van der Waals surface area contributed by atoms with Crippen LogP contribution in [0.2, 0.25) is 0 Å². The van der Waals surface area contributed by atoms with Crippen molar-refractivity contribution in [2.75, 3.05) is 24.1 Å². The lowest BCUT2D eigenvalue weighted by Gasteiger charge is -2.23. The zero-order chi connectivity index (χ0) is 13.5. The molecule has 4 rings (SSSR count). The van der Waals surface area contributed by atoms with E-state index in [0.29, 0.717) is 12.1 Å². The monoisotopic (exact) mass is 268 g/mol. The molecular weight excluding hydrogens is 248 g/mol. The number of aromatic nitrogens is 1. The Kier molecular flexibility index (Phi) is 2.77. The van der Waals surface area contributed by atoms with E-state index in [1.165, 1.54) is 38.0 Å². The van der Waals surface area contributed by atoms with Gasteiger partial charge in [-0.2, -0.15) is 0 Å². The Morgan fingerprint density at radius 2 is 2.15 bits per heavy atom. The number of nitrogens with two attached hydrogens (primary N) is 1. The van der Waals surface area contributed by atoms with Crippen LogP contribution in [0.5, 0.6) is 0 Å². The first-order valence-corrected chi connectivity index (χ1v) is 7.46. The van der Waals surface area contributed by atoms with E-state index in [4.69, 9.17) is 5.73 Å². The van der Waals surface area contributed by atoms with E-state index in [9.17, 15) is 0 Å². The number of hydrogen-bond acceptors (Lipinski definition) is 4. The molecule has 0 bridgehead atoms. The molecule has 2 atom stereocenters. The van der Waals surface area contributed by atoms with Gasteiger partial charge in [0, 0.05) is 41.6 Å². The van der Waals surface area contributed by atoms with E-state index in [-0.39, 0.29) is 0 Å². The van der Waals surface area contributed by atoms with Crippen LogP contribution in [-0.2, 0) is 0 Å². The highest BCUT2D eigenvalue weighted by Crippen LogP contribution is 2.32. The summed E-state index contributed by atoms with van der Waals surface area (Å²) in [4.78, 5) is 7.04. The standard InChI is InChI=1S/C16H20N4/c17-11-3-4-12-13(5-7-18-15(12)10-11)19-14-6-9-20-8-1-2-16(14)20/h3-5,7,10,14,16H,1-2,6,8-9,17H2,(H,18,19). The van der Waals surface area contributed by atoms with Crippen molar-refractivity contribution in [3.63, 3.8) is 0 Å². The zero-order valence-electron chi connectivity index (χ0n) is 11.5. The maximum absolute atomic E-state index is 5.84. The van der Waals surface area contributed by atoms with E-state index >= 15 is 0 Å². The fourth-order valence-corrected chi connectivity index (χ4v) is 3.74. The Bertz CT molecular complexity index is 639. The second-order valence-electron chi connectivity index (χ2n) is 5.92. The van der Waals surface area contributed by atoms with Gasteiger partial charge in [-0.1, -0.05) is 0 Å². The summed E-state index contributed by atoms with van der Waals surface area (Å²) < 4.78 is 0. The molecule has 1 aromatic heterocycles. The second-order valence-corrected chi connectivity index (χ2v) is 5.92. The molecular formula is C16H20N4. The Morgan fingerprint density at radius 1 is 1.20 bits per heavy atom. The molecule has 4 heteroatoms. The maximum Gasteiger partial charge on any atom is 0.0743 e. The molecule has 0 radical (unpaired) electrons. The highest BCUT2D eigenvalue weighted by atomic mass is 15.2. The highest BCUT2D eigenvalue weighted by molar-refractivity contribution is 5.92. The summed E-state index contributed by atoms with van der Waals surface area (Å²) in [5, 5.41) is 4.92. The van der Waals surface area contributed by atoms with Crippen LogP contribution in [0.1, 0.15) is 19.3 Å². The van der Waals surface area contributed by atoms with Gasteiger partial charge in [-0.05, 0) is 50.1 Å². The number of rotatable bonds is 2. The molecule has 0 amide bonds. The number of fused-ring (bicyclic) bond motifs is 2. The molecule has 3 heterocycles. The van der Waals surface area contributed by atoms with Crippen LogP contribution in [0.25, 0.3) is 10.9 Å². The second kappa shape index (κ2) is 4.63. The van der Waals surface area contributed by atoms with Crippen molar-refractivity contribution < 1.29 is 0 Å². The number of nitrogens with one attached hydrogen (secondary N) is 1. The molecule has 2 unspecified atom stereocenters. The molecule has 104 valence electrons. The molecule has 0 spiro atoms. The Balaban J connectivity index is 1.65. The minimum absolute atomic E-state index is 0.570. The van der Waals surface area contributed by atoms with Crippen molar-refractivity contribution in [1.82, 2.24) is 9.88 Å². The quantitative estimate of drug-likeness (QED) is 0.822. The van der Waals surface area contributed by atoms with Crippen molar-refractivity contribution in [3.8, 4) is 0 Å². The fourth-order valence-electron chi connectivity index (χ4n) is 3.74. The number of anilines is 2. The molecule has 0 saturated carbocycles. The van der Waals surface area contributed by atoms with E-state index in [1.807, 2.05) is 18.3 Å². The molecule has 2 aromatic rings. The summed E-state index contributed by atoms with van der Waals surface area (Å²) in [6, 6.07) is 9.33. The van der Waals surface area contributed by atoms with Crippen molar-refractivity contribution in [2.45, 2.75) is 31.3 Å². The Morgan fingerprint density at radius 3 is 3.10 bits per heavy atom. The predicted molar refractivity (Wildman–Crippen MR) is 82.8 cm³/mol. The fraction of sp³-hybridized carbons (Fsp3) is 0.438. The molecule has 3 N–H and O–H groups in total. The van der Waals surface area contributed by atoms with Crippen molar-refractivity contribution in [3.05, 3.63) is 30.5 Å². The summed E-state index contributed by atoms with van der Waals surface area (Å²) in [7, 11) is 0.